The molecule has 4 nitrogen and oxygen atoms in total. The minimum atomic E-state index is -0.813. The Morgan fingerprint density at radius 1 is 1.30 bits per heavy atom. The second-order valence-electron chi connectivity index (χ2n) is 7.48. The van der Waals surface area contributed by atoms with E-state index < -0.39 is 5.41 Å². The molecular formula is C22H23FN2O2. The molecule has 0 spiro atoms. The maximum atomic E-state index is 14.2. The molecule has 1 fully saturated rings. The highest BCUT2D eigenvalue weighted by Crippen LogP contribution is 2.51. The fraction of sp³-hybridized carbons (Fsp3) is 0.364. The Morgan fingerprint density at radius 3 is 2.85 bits per heavy atom. The van der Waals surface area contributed by atoms with Gasteiger partial charge in [-0.25, -0.2) is 4.39 Å². The lowest BCUT2D eigenvalue weighted by atomic mass is 9.75. The summed E-state index contributed by atoms with van der Waals surface area (Å²) in [6.45, 7) is 1.74. The van der Waals surface area contributed by atoms with E-state index in [4.69, 9.17) is 4.74 Å². The Kier molecular flexibility index (Phi) is 4.25. The van der Waals surface area contributed by atoms with Crippen LogP contribution >= 0.6 is 0 Å². The van der Waals surface area contributed by atoms with Gasteiger partial charge in [0, 0.05) is 12.4 Å². The van der Waals surface area contributed by atoms with Crippen LogP contribution in [-0.2, 0) is 22.0 Å². The molecule has 0 radical (unpaired) electrons. The zero-order valence-electron chi connectivity index (χ0n) is 15.8. The van der Waals surface area contributed by atoms with Crippen LogP contribution in [0, 0.1) is 12.7 Å². The van der Waals surface area contributed by atoms with Crippen LogP contribution in [0.5, 0.6) is 0 Å². The van der Waals surface area contributed by atoms with Gasteiger partial charge in [0.1, 0.15) is 5.82 Å². The van der Waals surface area contributed by atoms with E-state index in [-0.39, 0.29) is 17.7 Å². The van der Waals surface area contributed by atoms with E-state index in [1.165, 1.54) is 18.7 Å². The van der Waals surface area contributed by atoms with Gasteiger partial charge in [0.05, 0.1) is 24.2 Å². The molecule has 1 aliphatic carbocycles. The predicted molar refractivity (Wildman–Crippen MR) is 102 cm³/mol. The second kappa shape index (κ2) is 6.48. The Bertz CT molecular complexity index is 1030. The highest BCUT2D eigenvalue weighted by atomic mass is 19.1. The number of hydrogen-bond acceptors (Lipinski definition) is 3. The van der Waals surface area contributed by atoms with Crippen molar-refractivity contribution in [1.82, 2.24) is 9.78 Å². The van der Waals surface area contributed by atoms with Crippen LogP contribution in [0.3, 0.4) is 0 Å². The van der Waals surface area contributed by atoms with Crippen molar-refractivity contribution >= 4 is 16.9 Å². The number of rotatable bonds is 3. The minimum absolute atomic E-state index is 0.186. The molecule has 0 saturated heterocycles. The van der Waals surface area contributed by atoms with E-state index >= 15 is 0 Å². The minimum Gasteiger partial charge on any atom is -0.468 e. The van der Waals surface area contributed by atoms with Crippen LogP contribution in [-0.4, -0.2) is 22.9 Å². The smallest absolute Gasteiger partial charge is 0.316 e. The summed E-state index contributed by atoms with van der Waals surface area (Å²) in [5, 5.41) is 5.47. The van der Waals surface area contributed by atoms with Crippen molar-refractivity contribution in [3.63, 3.8) is 0 Å². The first-order valence-corrected chi connectivity index (χ1v) is 9.22. The average Bonchev–Trinajstić information content (AvgIpc) is 3.29. The van der Waals surface area contributed by atoms with Gasteiger partial charge in [0.15, 0.2) is 0 Å². The average molecular weight is 366 g/mol. The number of nitrogens with zero attached hydrogens (tertiary/aromatic N) is 2. The Morgan fingerprint density at radius 2 is 2.07 bits per heavy atom. The van der Waals surface area contributed by atoms with Crippen molar-refractivity contribution < 1.29 is 13.9 Å². The molecule has 3 aromatic rings. The molecule has 2 atom stereocenters. The second-order valence-corrected chi connectivity index (χ2v) is 7.48. The molecule has 27 heavy (non-hydrogen) atoms. The molecule has 1 aliphatic rings. The Hall–Kier alpha value is -2.69. The molecule has 1 heterocycles. The van der Waals surface area contributed by atoms with E-state index in [9.17, 15) is 9.18 Å². The number of esters is 1. The zero-order chi connectivity index (χ0) is 19.2. The zero-order valence-corrected chi connectivity index (χ0v) is 15.8. The van der Waals surface area contributed by atoms with Gasteiger partial charge >= 0.3 is 5.97 Å². The number of ether oxygens (including phenoxy) is 1. The summed E-state index contributed by atoms with van der Waals surface area (Å²) in [6.07, 6.45) is 3.95. The molecule has 4 rings (SSSR count). The summed E-state index contributed by atoms with van der Waals surface area (Å²) < 4.78 is 21.3. The lowest BCUT2D eigenvalue weighted by Gasteiger charge is -2.29. The number of fused-ring (bicyclic) bond motifs is 1. The standard InChI is InChI=1S/C22H23FN2O2/c1-14-18(8-5-9-19(14)23)22(21(26)27-3)11-10-15(12-22)17-7-4-6-16-13-24-25(2)20(16)17/h4-9,13,15H,10-12H2,1-3H3/t15?,22-/m0/s1. The molecule has 1 saturated carbocycles. The number of carbonyl (C=O) groups excluding carboxylic acids is 1. The Labute approximate surface area is 157 Å². The van der Waals surface area contributed by atoms with Crippen molar-refractivity contribution in [3.8, 4) is 0 Å². The van der Waals surface area contributed by atoms with Crippen LogP contribution in [0.1, 0.15) is 41.9 Å². The SMILES string of the molecule is COC(=O)[C@@]1(c2cccc(F)c2C)CCC(c2cccc3cnn(C)c23)C1. The van der Waals surface area contributed by atoms with E-state index in [1.54, 1.807) is 13.0 Å². The highest BCUT2D eigenvalue weighted by molar-refractivity contribution is 5.86. The fourth-order valence-electron chi connectivity index (χ4n) is 4.77. The van der Waals surface area contributed by atoms with Crippen LogP contribution in [0.2, 0.25) is 0 Å². The number of hydrogen-bond donors (Lipinski definition) is 0. The van der Waals surface area contributed by atoms with Gasteiger partial charge in [-0.05, 0) is 54.9 Å². The maximum Gasteiger partial charge on any atom is 0.316 e. The lowest BCUT2D eigenvalue weighted by molar-refractivity contribution is -0.147. The number of para-hydroxylation sites is 1. The number of methoxy groups -OCH3 is 1. The van der Waals surface area contributed by atoms with E-state index in [0.717, 1.165) is 22.9 Å². The Balaban J connectivity index is 1.82. The van der Waals surface area contributed by atoms with Crippen molar-refractivity contribution in [3.05, 3.63) is 65.1 Å². The first-order valence-electron chi connectivity index (χ1n) is 9.22. The van der Waals surface area contributed by atoms with E-state index in [0.29, 0.717) is 18.4 Å². The summed E-state index contributed by atoms with van der Waals surface area (Å²) in [4.78, 5) is 12.9. The quantitative estimate of drug-likeness (QED) is 0.646. The van der Waals surface area contributed by atoms with Gasteiger partial charge in [-0.1, -0.05) is 30.3 Å². The van der Waals surface area contributed by atoms with Gasteiger partial charge in [0.2, 0.25) is 0 Å². The van der Waals surface area contributed by atoms with Gasteiger partial charge in [-0.15, -0.1) is 0 Å². The monoisotopic (exact) mass is 366 g/mol. The molecular weight excluding hydrogens is 343 g/mol. The molecule has 1 unspecified atom stereocenters. The topological polar surface area (TPSA) is 44.1 Å². The van der Waals surface area contributed by atoms with Crippen LogP contribution in [0.15, 0.2) is 42.6 Å². The third-order valence-electron chi connectivity index (χ3n) is 6.11. The van der Waals surface area contributed by atoms with Crippen LogP contribution < -0.4 is 0 Å². The number of carbonyl (C=O) groups is 1. The summed E-state index contributed by atoms with van der Waals surface area (Å²) in [5.41, 5.74) is 2.74. The van der Waals surface area contributed by atoms with E-state index in [1.807, 2.05) is 36.1 Å². The summed E-state index contributed by atoms with van der Waals surface area (Å²) in [7, 11) is 3.35. The number of aryl methyl sites for hydroxylation is 1. The summed E-state index contributed by atoms with van der Waals surface area (Å²) >= 11 is 0. The molecule has 0 aliphatic heterocycles. The summed E-state index contributed by atoms with van der Waals surface area (Å²) in [6, 6.07) is 11.2. The largest absolute Gasteiger partial charge is 0.468 e. The lowest BCUT2D eigenvalue weighted by Crippen LogP contribution is -2.35. The maximum absolute atomic E-state index is 14.2. The van der Waals surface area contributed by atoms with Gasteiger partial charge in [0.25, 0.3) is 0 Å². The third kappa shape index (κ3) is 2.64. The van der Waals surface area contributed by atoms with Crippen LogP contribution in [0.25, 0.3) is 10.9 Å². The molecule has 2 aromatic carbocycles. The number of aromatic nitrogens is 2. The van der Waals surface area contributed by atoms with Crippen molar-refractivity contribution in [2.75, 3.05) is 7.11 Å². The van der Waals surface area contributed by atoms with Gasteiger partial charge in [-0.2, -0.15) is 5.10 Å². The van der Waals surface area contributed by atoms with Crippen molar-refractivity contribution in [1.29, 1.82) is 0 Å². The van der Waals surface area contributed by atoms with Crippen molar-refractivity contribution in [2.24, 2.45) is 7.05 Å². The van der Waals surface area contributed by atoms with Crippen LogP contribution in [0.4, 0.5) is 4.39 Å². The number of benzene rings is 2. The summed E-state index contributed by atoms with van der Waals surface area (Å²) in [5.74, 6) is -0.380. The first kappa shape index (κ1) is 17.7. The molecule has 1 aromatic heterocycles. The van der Waals surface area contributed by atoms with Gasteiger partial charge in [-0.3, -0.25) is 9.48 Å². The van der Waals surface area contributed by atoms with Crippen molar-refractivity contribution in [2.45, 2.75) is 37.5 Å². The normalized spacial score (nSPS) is 22.3. The molecule has 0 amide bonds. The van der Waals surface area contributed by atoms with Gasteiger partial charge < -0.3 is 4.74 Å². The third-order valence-corrected chi connectivity index (χ3v) is 6.11. The molecule has 5 heteroatoms. The first-order chi connectivity index (χ1) is 13.0. The number of halogens is 1. The fourth-order valence-corrected chi connectivity index (χ4v) is 4.77. The molecule has 0 bridgehead atoms. The highest BCUT2D eigenvalue weighted by Gasteiger charge is 2.49. The van der Waals surface area contributed by atoms with E-state index in [2.05, 4.69) is 11.2 Å². The molecule has 0 N–H and O–H groups in total. The molecule has 140 valence electrons. The predicted octanol–water partition coefficient (Wildman–Crippen LogP) is 4.40.